The minimum Gasteiger partial charge on any atom is -0.508 e. The Balaban J connectivity index is 1.14. The Morgan fingerprint density at radius 2 is 1.48 bits per heavy atom. The van der Waals surface area contributed by atoms with Gasteiger partial charge in [0.15, 0.2) is 0 Å². The van der Waals surface area contributed by atoms with Gasteiger partial charge in [0.1, 0.15) is 15.9 Å². The fraction of sp³-hybridized carbons (Fsp3) is 0.279. The van der Waals surface area contributed by atoms with Crippen molar-refractivity contribution in [2.75, 3.05) is 11.5 Å². The lowest BCUT2D eigenvalue weighted by molar-refractivity contribution is -0.113. The normalized spacial score (nSPS) is 22.4. The van der Waals surface area contributed by atoms with Crippen LogP contribution in [0.2, 0.25) is 0 Å². The summed E-state index contributed by atoms with van der Waals surface area (Å²) in [6.07, 6.45) is 0.962. The van der Waals surface area contributed by atoms with Crippen molar-refractivity contribution < 1.29 is 29.6 Å². The maximum Gasteiger partial charge on any atom is 0.141 e. The number of aliphatic hydroxyl groups excluding tert-OH is 3. The summed E-state index contributed by atoms with van der Waals surface area (Å²) in [6.45, 7) is -0.128. The van der Waals surface area contributed by atoms with Crippen LogP contribution >= 0.6 is 24.0 Å². The molecule has 0 bridgehead atoms. The average Bonchev–Trinajstić information content (AvgIpc) is 3.50. The van der Waals surface area contributed by atoms with Gasteiger partial charge in [-0.2, -0.15) is 0 Å². The fourth-order valence-electron chi connectivity index (χ4n) is 7.35. The van der Waals surface area contributed by atoms with Gasteiger partial charge in [0.05, 0.1) is 37.1 Å². The number of nitrogens with zero attached hydrogens (tertiary/aromatic N) is 1. The molecule has 0 amide bonds. The van der Waals surface area contributed by atoms with Crippen molar-refractivity contribution in [1.29, 1.82) is 0 Å². The molecule has 7 rings (SSSR count). The molecule has 0 saturated carbocycles. The maximum absolute atomic E-state index is 13.5. The number of halogens is 1. The summed E-state index contributed by atoms with van der Waals surface area (Å²) in [5.41, 5.74) is 7.33. The molecule has 52 heavy (non-hydrogen) atoms. The third-order valence-electron chi connectivity index (χ3n) is 10.1. The lowest BCUT2D eigenvalue weighted by Gasteiger charge is -2.32. The number of hydrogen-bond donors (Lipinski definition) is 4. The molecular weight excluding hydrogens is 694 g/mol. The largest absolute Gasteiger partial charge is 0.508 e. The Labute approximate surface area is 313 Å². The van der Waals surface area contributed by atoms with Crippen LogP contribution in [0.1, 0.15) is 67.0 Å². The Morgan fingerprint density at radius 3 is 2.17 bits per heavy atom. The van der Waals surface area contributed by atoms with Crippen LogP contribution in [-0.2, 0) is 4.74 Å². The summed E-state index contributed by atoms with van der Waals surface area (Å²) in [5, 5.41) is 42.4. The number of aromatic hydroxyl groups is 1. The van der Waals surface area contributed by atoms with Crippen molar-refractivity contribution in [1.82, 2.24) is 0 Å². The van der Waals surface area contributed by atoms with E-state index in [1.54, 1.807) is 30.0 Å². The van der Waals surface area contributed by atoms with Gasteiger partial charge in [0, 0.05) is 29.3 Å². The first kappa shape index (κ1) is 36.3. The zero-order chi connectivity index (χ0) is 36.2. The van der Waals surface area contributed by atoms with Crippen LogP contribution < -0.4 is 4.90 Å². The molecular formula is C43H42FNO5S2. The van der Waals surface area contributed by atoms with E-state index in [1.165, 1.54) is 12.1 Å². The molecule has 2 aliphatic heterocycles. The number of thioether (sulfide) groups is 1. The number of aliphatic hydroxyl groups is 3. The van der Waals surface area contributed by atoms with E-state index in [0.717, 1.165) is 49.8 Å². The van der Waals surface area contributed by atoms with Gasteiger partial charge < -0.3 is 30.1 Å². The molecule has 0 radical (unpaired) electrons. The predicted molar refractivity (Wildman–Crippen MR) is 210 cm³/mol. The van der Waals surface area contributed by atoms with E-state index in [0.29, 0.717) is 31.2 Å². The number of rotatable bonds is 11. The molecule has 0 aromatic heterocycles. The van der Waals surface area contributed by atoms with Crippen molar-refractivity contribution in [3.63, 3.8) is 0 Å². The highest BCUT2D eigenvalue weighted by molar-refractivity contribution is 8.24. The summed E-state index contributed by atoms with van der Waals surface area (Å²) in [7, 11) is 0. The molecule has 6 nitrogen and oxygen atoms in total. The average molecular weight is 736 g/mol. The number of thiocarbonyl (C=S) groups is 1. The van der Waals surface area contributed by atoms with Crippen LogP contribution in [0, 0.1) is 5.82 Å². The molecule has 2 aliphatic rings. The van der Waals surface area contributed by atoms with Crippen LogP contribution in [0.3, 0.4) is 0 Å². The number of phenolic OH excluding ortho intramolecular Hbond substituents is 1. The summed E-state index contributed by atoms with van der Waals surface area (Å²) < 4.78 is 20.2. The van der Waals surface area contributed by atoms with E-state index in [4.69, 9.17) is 17.0 Å². The highest BCUT2D eigenvalue weighted by atomic mass is 32.2. The molecule has 5 aromatic rings. The zero-order valence-electron chi connectivity index (χ0n) is 28.6. The Morgan fingerprint density at radius 1 is 0.827 bits per heavy atom. The first-order valence-corrected chi connectivity index (χ1v) is 19.0. The molecule has 2 saturated heterocycles. The first-order valence-electron chi connectivity index (χ1n) is 17.7. The van der Waals surface area contributed by atoms with E-state index in [1.807, 2.05) is 54.6 Å². The SMILES string of the molecule is OCC1CC(O)CC(c2ccc(-c3ccc(C4C(CCCC(O)c5ccc(F)cc5)SC(=S)N4c4ccc(-c5ccccc5)cc4)c(O)c3)cc2)O1. The van der Waals surface area contributed by atoms with Gasteiger partial charge >= 0.3 is 0 Å². The fourth-order valence-corrected chi connectivity index (χ4v) is 9.21. The van der Waals surface area contributed by atoms with Crippen molar-refractivity contribution in [3.8, 4) is 28.0 Å². The minimum absolute atomic E-state index is 0.00587. The van der Waals surface area contributed by atoms with Crippen molar-refractivity contribution >= 4 is 34.0 Å². The second-order valence-corrected chi connectivity index (χ2v) is 15.5. The summed E-state index contributed by atoms with van der Waals surface area (Å²) in [5.74, 6) is -0.162. The van der Waals surface area contributed by atoms with E-state index in [2.05, 4.69) is 41.3 Å². The third-order valence-corrected chi connectivity index (χ3v) is 11.8. The number of ether oxygens (including phenoxy) is 1. The van der Waals surface area contributed by atoms with Gasteiger partial charge in [-0.05, 0) is 83.0 Å². The molecule has 9 heteroatoms. The molecule has 0 aliphatic carbocycles. The van der Waals surface area contributed by atoms with Crippen LogP contribution in [-0.4, -0.2) is 48.8 Å². The van der Waals surface area contributed by atoms with E-state index in [9.17, 15) is 24.8 Å². The summed E-state index contributed by atoms with van der Waals surface area (Å²) in [4.78, 5) is 2.14. The van der Waals surface area contributed by atoms with E-state index in [-0.39, 0.29) is 41.7 Å². The van der Waals surface area contributed by atoms with Crippen molar-refractivity contribution in [2.45, 2.75) is 67.8 Å². The molecule has 0 spiro atoms. The van der Waals surface area contributed by atoms with Crippen LogP contribution in [0.25, 0.3) is 22.3 Å². The van der Waals surface area contributed by atoms with Gasteiger partial charge in [0.25, 0.3) is 0 Å². The molecule has 6 unspecified atom stereocenters. The second-order valence-electron chi connectivity index (χ2n) is 13.6. The maximum atomic E-state index is 13.5. The van der Waals surface area contributed by atoms with Crippen LogP contribution in [0.4, 0.5) is 10.1 Å². The quantitative estimate of drug-likeness (QED) is 0.0999. The molecule has 5 aromatic carbocycles. The summed E-state index contributed by atoms with van der Waals surface area (Å²) in [6, 6.07) is 38.0. The van der Waals surface area contributed by atoms with E-state index >= 15 is 0 Å². The molecule has 268 valence electrons. The lowest BCUT2D eigenvalue weighted by atomic mass is 9.92. The van der Waals surface area contributed by atoms with Gasteiger partial charge in [-0.15, -0.1) is 0 Å². The molecule has 6 atom stereocenters. The monoisotopic (exact) mass is 735 g/mol. The number of hydrogen-bond acceptors (Lipinski definition) is 7. The topological polar surface area (TPSA) is 93.4 Å². The van der Waals surface area contributed by atoms with Gasteiger partial charge in [-0.25, -0.2) is 4.39 Å². The Bertz CT molecular complexity index is 1960. The smallest absolute Gasteiger partial charge is 0.141 e. The minimum atomic E-state index is -0.705. The Kier molecular flexibility index (Phi) is 11.4. The lowest BCUT2D eigenvalue weighted by Crippen LogP contribution is -2.33. The number of anilines is 1. The number of phenols is 1. The molecule has 4 N–H and O–H groups in total. The standard InChI is InChI=1S/C43H42FNO5S2/c44-33-18-13-30(14-19-33)38(48)7-4-8-41-42(45(43(51)52-41)34-20-15-28(16-21-34)27-5-2-1-3-6-27)37-22-17-32(23-39(37)49)29-9-11-31(12-10-29)40-25-35(47)24-36(26-46)50-40/h1-3,5-6,9-23,35-36,38,40-42,46-49H,4,7-8,24-26H2. The molecule has 2 heterocycles. The zero-order valence-corrected chi connectivity index (χ0v) is 30.2. The molecule has 2 fully saturated rings. The third kappa shape index (κ3) is 8.10. The van der Waals surface area contributed by atoms with Gasteiger partial charge in [-0.1, -0.05) is 115 Å². The number of benzene rings is 5. The first-order chi connectivity index (χ1) is 25.3. The summed E-state index contributed by atoms with van der Waals surface area (Å²) >= 11 is 7.63. The highest BCUT2D eigenvalue weighted by Gasteiger charge is 2.41. The predicted octanol–water partition coefficient (Wildman–Crippen LogP) is 9.29. The second kappa shape index (κ2) is 16.3. The van der Waals surface area contributed by atoms with Crippen LogP contribution in [0.15, 0.2) is 121 Å². The van der Waals surface area contributed by atoms with Gasteiger partial charge in [-0.3, -0.25) is 0 Å². The highest BCUT2D eigenvalue weighted by Crippen LogP contribution is 2.49. The van der Waals surface area contributed by atoms with Crippen molar-refractivity contribution in [3.05, 3.63) is 144 Å². The van der Waals surface area contributed by atoms with Crippen molar-refractivity contribution in [2.24, 2.45) is 0 Å². The van der Waals surface area contributed by atoms with Gasteiger partial charge in [0.2, 0.25) is 0 Å². The van der Waals surface area contributed by atoms with Crippen LogP contribution in [0.5, 0.6) is 5.75 Å². The van der Waals surface area contributed by atoms with E-state index < -0.39 is 12.2 Å². The Hall–Kier alpha value is -4.09.